The van der Waals surface area contributed by atoms with E-state index in [1.807, 2.05) is 30.3 Å². The number of carbonyl (C=O) groups excluding carboxylic acids is 1. The largest absolute Gasteiger partial charge is 0.459 e. The predicted molar refractivity (Wildman–Crippen MR) is 126 cm³/mol. The molecule has 4 nitrogen and oxygen atoms in total. The molecule has 1 aromatic carbocycles. The molecule has 0 radical (unpaired) electrons. The second kappa shape index (κ2) is 12.7. The van der Waals surface area contributed by atoms with Crippen LogP contribution in [0.15, 0.2) is 30.3 Å². The standard InChI is InChI=1S/C28H42O4/c29-28(24-7-3-1-4-8-24)32-27-19-15-23(16-20-27)12-11-22-13-17-26(18-14-22)31-21-30-25-9-5-2-6-10-25/h1,3-4,7-8,22-23,25-27H,2,5-6,9-21H2. The molecule has 0 saturated heterocycles. The van der Waals surface area contributed by atoms with E-state index in [9.17, 15) is 4.79 Å². The average Bonchev–Trinajstić information content (AvgIpc) is 2.85. The third-order valence-corrected chi connectivity index (χ3v) is 8.01. The summed E-state index contributed by atoms with van der Waals surface area (Å²) in [5, 5.41) is 0. The van der Waals surface area contributed by atoms with Crippen LogP contribution in [0, 0.1) is 11.8 Å². The summed E-state index contributed by atoms with van der Waals surface area (Å²) < 4.78 is 17.7. The van der Waals surface area contributed by atoms with Crippen molar-refractivity contribution in [2.24, 2.45) is 11.8 Å². The Balaban J connectivity index is 1.04. The maximum absolute atomic E-state index is 12.3. The van der Waals surface area contributed by atoms with E-state index in [1.165, 1.54) is 83.5 Å². The Morgan fingerprint density at radius 3 is 1.78 bits per heavy atom. The Morgan fingerprint density at radius 1 is 0.656 bits per heavy atom. The summed E-state index contributed by atoms with van der Waals surface area (Å²) in [4.78, 5) is 12.3. The molecule has 0 bridgehead atoms. The van der Waals surface area contributed by atoms with Gasteiger partial charge in [-0.2, -0.15) is 0 Å². The molecule has 3 saturated carbocycles. The van der Waals surface area contributed by atoms with Crippen molar-refractivity contribution in [2.45, 2.75) is 115 Å². The lowest BCUT2D eigenvalue weighted by atomic mass is 9.79. The summed E-state index contributed by atoms with van der Waals surface area (Å²) in [6.45, 7) is 0.498. The Morgan fingerprint density at radius 2 is 1.19 bits per heavy atom. The summed E-state index contributed by atoms with van der Waals surface area (Å²) in [6.07, 6.45) is 19.5. The number of benzene rings is 1. The molecule has 32 heavy (non-hydrogen) atoms. The average molecular weight is 443 g/mol. The lowest BCUT2D eigenvalue weighted by Gasteiger charge is -2.32. The van der Waals surface area contributed by atoms with Crippen LogP contribution < -0.4 is 0 Å². The molecular weight excluding hydrogens is 400 g/mol. The van der Waals surface area contributed by atoms with E-state index in [0.29, 0.717) is 24.6 Å². The fourth-order valence-electron chi connectivity index (χ4n) is 5.85. The molecule has 0 unspecified atom stereocenters. The highest BCUT2D eigenvalue weighted by atomic mass is 16.7. The van der Waals surface area contributed by atoms with Crippen LogP contribution in [0.3, 0.4) is 0 Å². The van der Waals surface area contributed by atoms with E-state index < -0.39 is 0 Å². The number of rotatable bonds is 9. The van der Waals surface area contributed by atoms with Crippen molar-refractivity contribution in [3.8, 4) is 0 Å². The van der Waals surface area contributed by atoms with Crippen LogP contribution in [0.4, 0.5) is 0 Å². The fourth-order valence-corrected chi connectivity index (χ4v) is 5.85. The summed E-state index contributed by atoms with van der Waals surface area (Å²) in [6, 6.07) is 9.36. The van der Waals surface area contributed by atoms with Gasteiger partial charge in [0.15, 0.2) is 0 Å². The lowest BCUT2D eigenvalue weighted by molar-refractivity contribution is -0.133. The molecule has 3 aliphatic carbocycles. The van der Waals surface area contributed by atoms with E-state index >= 15 is 0 Å². The topological polar surface area (TPSA) is 44.8 Å². The van der Waals surface area contributed by atoms with Crippen molar-refractivity contribution in [1.82, 2.24) is 0 Å². The van der Waals surface area contributed by atoms with E-state index in [2.05, 4.69) is 0 Å². The zero-order chi connectivity index (χ0) is 22.0. The number of ether oxygens (including phenoxy) is 3. The molecule has 0 aliphatic heterocycles. The van der Waals surface area contributed by atoms with Crippen molar-refractivity contribution in [1.29, 1.82) is 0 Å². The van der Waals surface area contributed by atoms with Gasteiger partial charge < -0.3 is 14.2 Å². The van der Waals surface area contributed by atoms with Crippen LogP contribution in [-0.4, -0.2) is 31.1 Å². The van der Waals surface area contributed by atoms with Gasteiger partial charge in [0.1, 0.15) is 12.9 Å². The normalized spacial score (nSPS) is 29.5. The second-order valence-corrected chi connectivity index (χ2v) is 10.3. The maximum atomic E-state index is 12.3. The molecule has 4 heteroatoms. The predicted octanol–water partition coefficient (Wildman–Crippen LogP) is 7.06. The number of esters is 1. The van der Waals surface area contributed by atoms with E-state index in [4.69, 9.17) is 14.2 Å². The summed E-state index contributed by atoms with van der Waals surface area (Å²) in [5.41, 5.74) is 0.662. The molecule has 0 N–H and O–H groups in total. The van der Waals surface area contributed by atoms with Crippen molar-refractivity contribution in [3.63, 3.8) is 0 Å². The summed E-state index contributed by atoms with van der Waals surface area (Å²) in [7, 11) is 0. The SMILES string of the molecule is O=C(OC1CCC(CCC2CCC(OCOC3CCCCC3)CC2)CC1)c1ccccc1. The Kier molecular flexibility index (Phi) is 9.46. The van der Waals surface area contributed by atoms with Gasteiger partial charge in [-0.3, -0.25) is 0 Å². The third kappa shape index (κ3) is 7.59. The van der Waals surface area contributed by atoms with Gasteiger partial charge in [-0.05, 0) is 88.2 Å². The van der Waals surface area contributed by atoms with E-state index in [-0.39, 0.29) is 12.1 Å². The number of hydrogen-bond donors (Lipinski definition) is 0. The van der Waals surface area contributed by atoms with Gasteiger partial charge in [-0.1, -0.05) is 50.3 Å². The molecule has 1 aromatic rings. The van der Waals surface area contributed by atoms with Gasteiger partial charge in [0, 0.05) is 0 Å². The number of hydrogen-bond acceptors (Lipinski definition) is 4. The summed E-state index contributed by atoms with van der Waals surface area (Å²) >= 11 is 0. The highest BCUT2D eigenvalue weighted by molar-refractivity contribution is 5.89. The quantitative estimate of drug-likeness (QED) is 0.303. The van der Waals surface area contributed by atoms with Gasteiger partial charge in [0.2, 0.25) is 0 Å². The van der Waals surface area contributed by atoms with Gasteiger partial charge in [0.25, 0.3) is 0 Å². The first kappa shape index (κ1) is 23.8. The Bertz CT molecular complexity index is 653. The first-order valence-corrected chi connectivity index (χ1v) is 13.3. The Hall–Kier alpha value is -1.39. The highest BCUT2D eigenvalue weighted by Crippen LogP contribution is 2.35. The van der Waals surface area contributed by atoms with Crippen molar-refractivity contribution < 1.29 is 19.0 Å². The molecule has 0 aromatic heterocycles. The molecule has 0 amide bonds. The lowest BCUT2D eigenvalue weighted by Crippen LogP contribution is -2.26. The van der Waals surface area contributed by atoms with Gasteiger partial charge >= 0.3 is 5.97 Å². The molecule has 4 rings (SSSR count). The second-order valence-electron chi connectivity index (χ2n) is 10.3. The van der Waals surface area contributed by atoms with Crippen LogP contribution in [0.5, 0.6) is 0 Å². The van der Waals surface area contributed by atoms with Crippen LogP contribution in [0.2, 0.25) is 0 Å². The van der Waals surface area contributed by atoms with Crippen LogP contribution in [0.25, 0.3) is 0 Å². The molecule has 0 heterocycles. The van der Waals surface area contributed by atoms with Crippen molar-refractivity contribution in [3.05, 3.63) is 35.9 Å². The van der Waals surface area contributed by atoms with Gasteiger partial charge in [0.05, 0.1) is 17.8 Å². The minimum Gasteiger partial charge on any atom is -0.459 e. The molecular formula is C28H42O4. The van der Waals surface area contributed by atoms with Crippen molar-refractivity contribution >= 4 is 5.97 Å². The van der Waals surface area contributed by atoms with Crippen LogP contribution in [-0.2, 0) is 14.2 Å². The van der Waals surface area contributed by atoms with Gasteiger partial charge in [-0.25, -0.2) is 4.79 Å². The minimum atomic E-state index is -0.169. The smallest absolute Gasteiger partial charge is 0.338 e. The summed E-state index contributed by atoms with van der Waals surface area (Å²) in [5.74, 6) is 1.50. The minimum absolute atomic E-state index is 0.0994. The highest BCUT2D eigenvalue weighted by Gasteiger charge is 2.27. The zero-order valence-electron chi connectivity index (χ0n) is 19.7. The molecule has 3 aliphatic rings. The van der Waals surface area contributed by atoms with Gasteiger partial charge in [-0.15, -0.1) is 0 Å². The monoisotopic (exact) mass is 442 g/mol. The Labute approximate surface area is 194 Å². The fraction of sp³-hybridized carbons (Fsp3) is 0.750. The first-order valence-electron chi connectivity index (χ1n) is 13.3. The third-order valence-electron chi connectivity index (χ3n) is 8.01. The number of carbonyl (C=O) groups is 1. The maximum Gasteiger partial charge on any atom is 0.338 e. The van der Waals surface area contributed by atoms with E-state index in [1.54, 1.807) is 0 Å². The van der Waals surface area contributed by atoms with Crippen LogP contribution in [0.1, 0.15) is 107 Å². The van der Waals surface area contributed by atoms with Crippen molar-refractivity contribution in [2.75, 3.05) is 6.79 Å². The molecule has 3 fully saturated rings. The molecule has 0 atom stereocenters. The van der Waals surface area contributed by atoms with E-state index in [0.717, 1.165) is 24.7 Å². The van der Waals surface area contributed by atoms with Crippen LogP contribution >= 0.6 is 0 Å². The first-order chi connectivity index (χ1) is 15.8. The molecule has 178 valence electrons. The zero-order valence-corrected chi connectivity index (χ0v) is 19.7. The molecule has 0 spiro atoms.